The maximum absolute atomic E-state index is 13.5. The Morgan fingerprint density at radius 2 is 0.638 bits per heavy atom. The summed E-state index contributed by atoms with van der Waals surface area (Å²) in [6.07, 6.45) is 59.4. The van der Waals surface area contributed by atoms with Gasteiger partial charge in [0.05, 0.1) is 38.6 Å². The maximum atomic E-state index is 13.5. The van der Waals surface area contributed by atoms with Crippen LogP contribution in [0.4, 0.5) is 0 Å². The van der Waals surface area contributed by atoms with Crippen LogP contribution in [-0.4, -0.2) is 193 Å². The lowest BCUT2D eigenvalue weighted by molar-refractivity contribution is -0.379. The van der Waals surface area contributed by atoms with Gasteiger partial charge in [0.2, 0.25) is 5.91 Å². The third-order valence-corrected chi connectivity index (χ3v) is 21.3. The zero-order chi connectivity index (χ0) is 76.0. The predicted octanol–water partition coefficient (Wildman–Crippen LogP) is 15.4. The molecule has 105 heavy (non-hydrogen) atoms. The topological polar surface area (TPSA) is 307 Å². The van der Waals surface area contributed by atoms with E-state index in [0.29, 0.717) is 12.8 Å². The molecule has 0 saturated carbocycles. The van der Waals surface area contributed by atoms with Crippen LogP contribution in [0.5, 0.6) is 0 Å². The number of allylic oxidation sites excluding steroid dienone is 9. The first-order valence-electron chi connectivity index (χ1n) is 43.0. The molecule has 3 heterocycles. The van der Waals surface area contributed by atoms with Gasteiger partial charge >= 0.3 is 0 Å². The zero-order valence-corrected chi connectivity index (χ0v) is 66.0. The van der Waals surface area contributed by atoms with Crippen molar-refractivity contribution in [1.82, 2.24) is 5.32 Å². The molecule has 0 spiro atoms. The van der Waals surface area contributed by atoms with Gasteiger partial charge in [0, 0.05) is 6.42 Å². The van der Waals surface area contributed by atoms with Crippen LogP contribution in [0.25, 0.3) is 0 Å². The van der Waals surface area contributed by atoms with Crippen LogP contribution in [-0.2, 0) is 33.2 Å². The number of hydrogen-bond donors (Lipinski definition) is 12. The molecule has 3 aliphatic rings. The quantitative estimate of drug-likeness (QED) is 0.0199. The summed E-state index contributed by atoms with van der Waals surface area (Å²) >= 11 is 0. The summed E-state index contributed by atoms with van der Waals surface area (Å²) in [4.78, 5) is 13.5. The number of aliphatic hydroxyl groups excluding tert-OH is 11. The van der Waals surface area contributed by atoms with Crippen molar-refractivity contribution in [3.05, 3.63) is 60.8 Å². The maximum Gasteiger partial charge on any atom is 0.220 e. The number of unbranched alkanes of at least 4 members (excludes halogenated alkanes) is 45. The van der Waals surface area contributed by atoms with Crippen molar-refractivity contribution < 1.29 is 89.4 Å². The highest BCUT2D eigenvalue weighted by atomic mass is 16.8. The van der Waals surface area contributed by atoms with Gasteiger partial charge in [0.1, 0.15) is 73.2 Å². The van der Waals surface area contributed by atoms with Crippen molar-refractivity contribution in [3.8, 4) is 0 Å². The van der Waals surface area contributed by atoms with Crippen molar-refractivity contribution in [2.24, 2.45) is 0 Å². The molecule has 3 rings (SSSR count). The number of nitrogens with one attached hydrogen (secondary N) is 1. The van der Waals surface area contributed by atoms with E-state index in [0.717, 1.165) is 51.4 Å². The fraction of sp³-hybridized carbons (Fsp3) is 0.872. The molecule has 17 unspecified atom stereocenters. The molecule has 17 atom stereocenters. The van der Waals surface area contributed by atoms with Gasteiger partial charge in [0.15, 0.2) is 18.9 Å². The first-order valence-corrected chi connectivity index (χ1v) is 43.0. The van der Waals surface area contributed by atoms with Crippen LogP contribution in [0.2, 0.25) is 0 Å². The summed E-state index contributed by atoms with van der Waals surface area (Å²) in [5.74, 6) is -0.280. The summed E-state index contributed by atoms with van der Waals surface area (Å²) < 4.78 is 34.5. The van der Waals surface area contributed by atoms with E-state index in [9.17, 15) is 61.0 Å². The smallest absolute Gasteiger partial charge is 0.220 e. The third kappa shape index (κ3) is 45.6. The van der Waals surface area contributed by atoms with E-state index < -0.39 is 124 Å². The van der Waals surface area contributed by atoms with Crippen LogP contribution in [0.15, 0.2) is 60.8 Å². The summed E-state index contributed by atoms with van der Waals surface area (Å²) in [5.41, 5.74) is 0. The van der Waals surface area contributed by atoms with E-state index in [1.54, 1.807) is 6.08 Å². The SMILES string of the molecule is CCCCCCC/C=C\C/C=C\C/C=C\CCCCCCCCCCCCCCCCCCCCCCC(=O)NC(COC1OC(CO)C(OC2OC(CO)C(OC3OC(CO)C(O)C(O)C3O)C(O)C2O)C(O)C1O)C(O)/C=C/CC/C=C/CCCCCCCCCCCCCCCCCCCCC. The number of aliphatic hydroxyl groups is 11. The van der Waals surface area contributed by atoms with E-state index in [2.05, 4.69) is 67.8 Å². The molecule has 19 nitrogen and oxygen atoms in total. The minimum Gasteiger partial charge on any atom is -0.394 e. The van der Waals surface area contributed by atoms with E-state index >= 15 is 0 Å². The van der Waals surface area contributed by atoms with Gasteiger partial charge in [-0.05, 0) is 70.6 Å². The molecule has 3 aliphatic heterocycles. The zero-order valence-electron chi connectivity index (χ0n) is 66.0. The molecule has 3 fully saturated rings. The van der Waals surface area contributed by atoms with Gasteiger partial charge in [-0.15, -0.1) is 0 Å². The lowest BCUT2D eigenvalue weighted by atomic mass is 9.96. The third-order valence-electron chi connectivity index (χ3n) is 21.3. The summed E-state index contributed by atoms with van der Waals surface area (Å²) in [6, 6.07) is -0.992. The highest BCUT2D eigenvalue weighted by Crippen LogP contribution is 2.33. The Morgan fingerprint density at radius 1 is 0.343 bits per heavy atom. The Balaban J connectivity index is 1.35. The van der Waals surface area contributed by atoms with Crippen LogP contribution in [0, 0.1) is 0 Å². The molecular formula is C86H157NO18. The normalized spacial score (nSPS) is 26.0. The molecule has 1 amide bonds. The lowest BCUT2D eigenvalue weighted by Gasteiger charge is -2.48. The number of hydrogen-bond acceptors (Lipinski definition) is 18. The molecule has 614 valence electrons. The Morgan fingerprint density at radius 3 is 1.02 bits per heavy atom. The highest BCUT2D eigenvalue weighted by Gasteiger charge is 2.54. The molecule has 0 aromatic heterocycles. The number of carbonyl (C=O) groups is 1. The molecule has 3 saturated heterocycles. The first kappa shape index (κ1) is 96.7. The van der Waals surface area contributed by atoms with E-state index in [1.807, 2.05) is 6.08 Å². The van der Waals surface area contributed by atoms with Crippen molar-refractivity contribution >= 4 is 5.91 Å². The lowest BCUT2D eigenvalue weighted by Crippen LogP contribution is -2.66. The van der Waals surface area contributed by atoms with Crippen LogP contribution < -0.4 is 5.32 Å². The van der Waals surface area contributed by atoms with E-state index in [1.165, 1.54) is 263 Å². The summed E-state index contributed by atoms with van der Waals surface area (Å²) in [5, 5.41) is 121. The van der Waals surface area contributed by atoms with Gasteiger partial charge in [-0.25, -0.2) is 0 Å². The standard InChI is InChI=1S/C86H157NO18/c1-3-5-7-9-11-13-15-17-19-21-23-25-27-29-30-31-32-33-34-35-36-37-38-40-42-44-46-48-50-52-54-56-58-60-62-64-74(92)87-69(70(91)63-61-59-57-55-53-51-49-47-45-43-41-39-28-26-24-22-20-18-16-14-12-10-8-6-4-2)68-100-84-80(98)77(95)82(72(66-89)102-84)105-86-81(99)78(96)83(73(67-90)103-86)104-85-79(97)76(94)75(93)71(65-88)101-85/h15,17,21,23,27,29,53,55,61,63,69-73,75-86,88-91,93-99H,3-14,16,18-20,22,24-26,28,30-52,54,56-60,62,64-68H2,1-2H3,(H,87,92)/b17-15-,23-21-,29-27-,55-53+,63-61+. The minimum atomic E-state index is -1.98. The molecule has 0 aromatic rings. The first-order chi connectivity index (χ1) is 51.3. The van der Waals surface area contributed by atoms with Crippen LogP contribution >= 0.6 is 0 Å². The molecule has 12 N–H and O–H groups in total. The van der Waals surface area contributed by atoms with E-state index in [4.69, 9.17) is 28.4 Å². The second-order valence-electron chi connectivity index (χ2n) is 30.6. The van der Waals surface area contributed by atoms with Gasteiger partial charge in [0.25, 0.3) is 0 Å². The molecule has 0 bridgehead atoms. The van der Waals surface area contributed by atoms with Crippen LogP contribution in [0.3, 0.4) is 0 Å². The molecule has 0 aromatic carbocycles. The van der Waals surface area contributed by atoms with Gasteiger partial charge in [-0.3, -0.25) is 4.79 Å². The fourth-order valence-corrected chi connectivity index (χ4v) is 14.4. The fourth-order valence-electron chi connectivity index (χ4n) is 14.4. The summed E-state index contributed by atoms with van der Waals surface area (Å²) in [7, 11) is 0. The largest absolute Gasteiger partial charge is 0.394 e. The van der Waals surface area contributed by atoms with Gasteiger partial charge < -0.3 is 89.9 Å². The van der Waals surface area contributed by atoms with Gasteiger partial charge in [-0.2, -0.15) is 0 Å². The number of ether oxygens (including phenoxy) is 6. The predicted molar refractivity (Wildman–Crippen MR) is 420 cm³/mol. The molecular weight excluding hydrogens is 1330 g/mol. The Bertz CT molecular complexity index is 2130. The molecule has 0 aliphatic carbocycles. The molecule has 19 heteroatoms. The average molecular weight is 1490 g/mol. The van der Waals surface area contributed by atoms with Crippen molar-refractivity contribution in [3.63, 3.8) is 0 Å². The molecule has 0 radical (unpaired) electrons. The van der Waals surface area contributed by atoms with Crippen molar-refractivity contribution in [2.75, 3.05) is 26.4 Å². The number of amides is 1. The Kier molecular flexibility index (Phi) is 60.9. The van der Waals surface area contributed by atoms with E-state index in [-0.39, 0.29) is 18.9 Å². The number of carbonyl (C=O) groups excluding carboxylic acids is 1. The van der Waals surface area contributed by atoms with Crippen LogP contribution in [0.1, 0.15) is 348 Å². The number of rotatable bonds is 69. The second kappa shape index (κ2) is 66.1. The second-order valence-corrected chi connectivity index (χ2v) is 30.6. The van der Waals surface area contributed by atoms with Gasteiger partial charge in [-0.1, -0.05) is 331 Å². The minimum absolute atomic E-state index is 0.237. The average Bonchev–Trinajstić information content (AvgIpc) is 0.781. The monoisotopic (exact) mass is 1490 g/mol. The Labute approximate surface area is 636 Å². The highest BCUT2D eigenvalue weighted by molar-refractivity contribution is 5.76. The Hall–Kier alpha value is -2.51. The van der Waals surface area contributed by atoms with Crippen molar-refractivity contribution in [1.29, 1.82) is 0 Å². The summed E-state index contributed by atoms with van der Waals surface area (Å²) in [6.45, 7) is 1.75. The van der Waals surface area contributed by atoms with Crippen molar-refractivity contribution in [2.45, 2.75) is 452 Å².